The highest BCUT2D eigenvalue weighted by molar-refractivity contribution is 6.32. The number of carboxylic acid groups (broad SMARTS) is 1. The predicted molar refractivity (Wildman–Crippen MR) is 38.8 cm³/mol. The molecule has 0 saturated carbocycles. The average molecular weight is 163 g/mol. The molecule has 0 fully saturated rings. The highest BCUT2D eigenvalue weighted by atomic mass is 16.5. The van der Waals surface area contributed by atoms with Crippen molar-refractivity contribution in [3.63, 3.8) is 0 Å². The van der Waals surface area contributed by atoms with E-state index in [0.29, 0.717) is 0 Å². The molecule has 0 spiro atoms. The minimum atomic E-state index is -1.40. The number of ketones is 1. The van der Waals surface area contributed by atoms with Gasteiger partial charge in [0.15, 0.2) is 0 Å². The largest absolute Gasteiger partial charge is 0.475 e. The summed E-state index contributed by atoms with van der Waals surface area (Å²) in [6.07, 6.45) is -0.380. The number of carbonyl (C=O) groups is 2. The molecule has 0 aromatic carbocycles. The third-order valence-corrected chi connectivity index (χ3v) is 1.11. The number of methoxy groups -OCH3 is 1. The van der Waals surface area contributed by atoms with Crippen molar-refractivity contribution in [3.05, 3.63) is 0 Å². The van der Waals surface area contributed by atoms with Crippen molar-refractivity contribution >= 4 is 11.8 Å². The van der Waals surface area contributed by atoms with Gasteiger partial charge in [0.25, 0.3) is 0 Å². The Kier molecular flexibility index (Phi) is 6.72. The summed E-state index contributed by atoms with van der Waals surface area (Å²) in [7, 11) is 1.43. The fourth-order valence-electron chi connectivity index (χ4n) is 0.432. The van der Waals surface area contributed by atoms with Crippen molar-refractivity contribution in [2.45, 2.75) is 19.4 Å². The standard InChI is InChI=1S/C6H10O4.H3N/c1-4(10-2)3-5(7)6(8)9;/h4H,3H2,1-2H3,(H,8,9);1H3. The molecule has 0 aromatic heterocycles. The quantitative estimate of drug-likeness (QED) is 0.578. The van der Waals surface area contributed by atoms with E-state index in [0.717, 1.165) is 0 Å². The molecule has 4 N–H and O–H groups in total. The molecule has 1 unspecified atom stereocenters. The molecule has 0 amide bonds. The van der Waals surface area contributed by atoms with Crippen molar-refractivity contribution in [2.75, 3.05) is 7.11 Å². The highest BCUT2D eigenvalue weighted by Gasteiger charge is 2.14. The Hall–Kier alpha value is -0.940. The van der Waals surface area contributed by atoms with Crippen LogP contribution in [0.3, 0.4) is 0 Å². The van der Waals surface area contributed by atoms with Crippen molar-refractivity contribution < 1.29 is 19.4 Å². The van der Waals surface area contributed by atoms with Crippen LogP contribution in [0.15, 0.2) is 0 Å². The van der Waals surface area contributed by atoms with Gasteiger partial charge in [0, 0.05) is 13.5 Å². The molecule has 0 bridgehead atoms. The number of hydrogen-bond donors (Lipinski definition) is 2. The van der Waals surface area contributed by atoms with Crippen LogP contribution < -0.4 is 6.15 Å². The number of Topliss-reactive ketones (excluding diaryl/α,β-unsaturated/α-hetero) is 1. The van der Waals surface area contributed by atoms with Gasteiger partial charge in [-0.1, -0.05) is 0 Å². The topological polar surface area (TPSA) is 98.6 Å². The minimum absolute atomic E-state index is 0. The molecular formula is C6H13NO4. The third kappa shape index (κ3) is 5.50. The van der Waals surface area contributed by atoms with Gasteiger partial charge in [-0.3, -0.25) is 4.79 Å². The van der Waals surface area contributed by atoms with Crippen LogP contribution >= 0.6 is 0 Å². The number of rotatable bonds is 4. The van der Waals surface area contributed by atoms with E-state index in [1.807, 2.05) is 0 Å². The fraction of sp³-hybridized carbons (Fsp3) is 0.667. The number of ether oxygens (including phenoxy) is 1. The summed E-state index contributed by atoms with van der Waals surface area (Å²) < 4.78 is 4.69. The van der Waals surface area contributed by atoms with Crippen LogP contribution in [0.25, 0.3) is 0 Å². The summed E-state index contributed by atoms with van der Waals surface area (Å²) in [4.78, 5) is 20.4. The van der Waals surface area contributed by atoms with E-state index in [-0.39, 0.29) is 18.7 Å². The summed E-state index contributed by atoms with van der Waals surface area (Å²) >= 11 is 0. The summed E-state index contributed by atoms with van der Waals surface area (Å²) in [5.74, 6) is -2.21. The zero-order valence-corrected chi connectivity index (χ0v) is 6.66. The van der Waals surface area contributed by atoms with Crippen molar-refractivity contribution in [1.29, 1.82) is 0 Å². The molecule has 66 valence electrons. The van der Waals surface area contributed by atoms with Crippen LogP contribution in [0.1, 0.15) is 13.3 Å². The van der Waals surface area contributed by atoms with Gasteiger partial charge in [-0.2, -0.15) is 0 Å². The van der Waals surface area contributed by atoms with E-state index in [4.69, 9.17) is 5.11 Å². The van der Waals surface area contributed by atoms with E-state index in [9.17, 15) is 9.59 Å². The highest BCUT2D eigenvalue weighted by Crippen LogP contribution is 1.95. The predicted octanol–water partition coefficient (Wildman–Crippen LogP) is 0.227. The molecule has 0 radical (unpaired) electrons. The first kappa shape index (κ1) is 12.7. The lowest BCUT2D eigenvalue weighted by molar-refractivity contribution is -0.150. The number of hydrogen-bond acceptors (Lipinski definition) is 4. The molecule has 0 aliphatic rings. The molecule has 0 aliphatic carbocycles. The lowest BCUT2D eigenvalue weighted by atomic mass is 10.2. The smallest absolute Gasteiger partial charge is 0.372 e. The van der Waals surface area contributed by atoms with Gasteiger partial charge < -0.3 is 16.0 Å². The van der Waals surface area contributed by atoms with Gasteiger partial charge in [0.2, 0.25) is 5.78 Å². The van der Waals surface area contributed by atoms with Crippen LogP contribution in [-0.2, 0) is 14.3 Å². The van der Waals surface area contributed by atoms with Gasteiger partial charge in [0.1, 0.15) is 0 Å². The Morgan fingerprint density at radius 2 is 2.00 bits per heavy atom. The molecular weight excluding hydrogens is 150 g/mol. The number of aliphatic carboxylic acids is 1. The first-order chi connectivity index (χ1) is 4.57. The zero-order chi connectivity index (χ0) is 8.15. The van der Waals surface area contributed by atoms with Gasteiger partial charge >= 0.3 is 5.97 Å². The maximum Gasteiger partial charge on any atom is 0.372 e. The second-order valence-electron chi connectivity index (χ2n) is 1.98. The van der Waals surface area contributed by atoms with Crippen LogP contribution in [0, 0.1) is 0 Å². The third-order valence-electron chi connectivity index (χ3n) is 1.11. The van der Waals surface area contributed by atoms with Crippen LogP contribution in [0.2, 0.25) is 0 Å². The summed E-state index contributed by atoms with van der Waals surface area (Å²) in [6, 6.07) is 0. The monoisotopic (exact) mass is 163 g/mol. The molecule has 0 aromatic rings. The minimum Gasteiger partial charge on any atom is -0.475 e. The maximum absolute atomic E-state index is 10.4. The van der Waals surface area contributed by atoms with E-state index in [1.54, 1.807) is 6.92 Å². The Morgan fingerprint density at radius 3 is 2.27 bits per heavy atom. The Balaban J connectivity index is 0. The van der Waals surface area contributed by atoms with Crippen LogP contribution in [0.5, 0.6) is 0 Å². The van der Waals surface area contributed by atoms with Crippen molar-refractivity contribution in [3.8, 4) is 0 Å². The molecule has 0 saturated heterocycles. The Morgan fingerprint density at radius 1 is 1.55 bits per heavy atom. The van der Waals surface area contributed by atoms with Gasteiger partial charge in [-0.15, -0.1) is 0 Å². The first-order valence-electron chi connectivity index (χ1n) is 2.86. The van der Waals surface area contributed by atoms with E-state index >= 15 is 0 Å². The Bertz CT molecular complexity index is 146. The molecule has 11 heavy (non-hydrogen) atoms. The lowest BCUT2D eigenvalue weighted by Gasteiger charge is -2.04. The molecule has 5 heteroatoms. The van der Waals surface area contributed by atoms with E-state index in [1.165, 1.54) is 7.11 Å². The Labute approximate surface area is 64.9 Å². The SMILES string of the molecule is COC(C)CC(=O)C(=O)O.N. The van der Waals surface area contributed by atoms with E-state index < -0.39 is 11.8 Å². The number of carboxylic acids is 1. The summed E-state index contributed by atoms with van der Waals surface area (Å²) in [5.41, 5.74) is 0. The normalized spacial score (nSPS) is 11.5. The molecule has 5 nitrogen and oxygen atoms in total. The van der Waals surface area contributed by atoms with Gasteiger partial charge in [-0.05, 0) is 6.92 Å². The number of carbonyl (C=O) groups excluding carboxylic acids is 1. The summed E-state index contributed by atoms with van der Waals surface area (Å²) in [5, 5.41) is 8.12. The van der Waals surface area contributed by atoms with Crippen molar-refractivity contribution in [1.82, 2.24) is 6.15 Å². The average Bonchev–Trinajstić information content (AvgIpc) is 1.87. The van der Waals surface area contributed by atoms with Gasteiger partial charge in [-0.25, -0.2) is 4.79 Å². The van der Waals surface area contributed by atoms with E-state index in [2.05, 4.69) is 4.74 Å². The molecule has 0 heterocycles. The van der Waals surface area contributed by atoms with Crippen LogP contribution in [-0.4, -0.2) is 30.1 Å². The maximum atomic E-state index is 10.4. The summed E-state index contributed by atoms with van der Waals surface area (Å²) in [6.45, 7) is 1.64. The second-order valence-corrected chi connectivity index (χ2v) is 1.98. The molecule has 0 aliphatic heterocycles. The van der Waals surface area contributed by atoms with Crippen LogP contribution in [0.4, 0.5) is 0 Å². The first-order valence-corrected chi connectivity index (χ1v) is 2.86. The zero-order valence-electron chi connectivity index (χ0n) is 6.66. The lowest BCUT2D eigenvalue weighted by Crippen LogP contribution is -2.19. The second kappa shape index (κ2) is 5.82. The van der Waals surface area contributed by atoms with Gasteiger partial charge in [0.05, 0.1) is 6.10 Å². The fourth-order valence-corrected chi connectivity index (χ4v) is 0.432. The molecule has 0 rings (SSSR count). The molecule has 1 atom stereocenters. The van der Waals surface area contributed by atoms with Crippen molar-refractivity contribution in [2.24, 2.45) is 0 Å².